The van der Waals surface area contributed by atoms with Crippen LogP contribution in [0.1, 0.15) is 19.0 Å². The molecule has 1 fully saturated rings. The van der Waals surface area contributed by atoms with Gasteiger partial charge in [-0.3, -0.25) is 24.6 Å². The molecule has 0 bridgehead atoms. The van der Waals surface area contributed by atoms with E-state index in [4.69, 9.17) is 4.74 Å². The molecule has 1 aliphatic rings. The Morgan fingerprint density at radius 2 is 1.91 bits per heavy atom. The number of H-pyrrole nitrogens is 1. The van der Waals surface area contributed by atoms with Gasteiger partial charge in [0, 0.05) is 58.6 Å². The predicted molar refractivity (Wildman–Crippen MR) is 135 cm³/mol. The van der Waals surface area contributed by atoms with Crippen molar-refractivity contribution < 1.29 is 4.74 Å². The van der Waals surface area contributed by atoms with Gasteiger partial charge in [0.25, 0.3) is 11.1 Å². The average molecular weight is 465 g/mol. The van der Waals surface area contributed by atoms with E-state index in [1.165, 1.54) is 10.7 Å². The zero-order chi connectivity index (χ0) is 24.2. The van der Waals surface area contributed by atoms with Crippen LogP contribution in [0.3, 0.4) is 0 Å². The van der Waals surface area contributed by atoms with Gasteiger partial charge in [-0.1, -0.05) is 25.1 Å². The Kier molecular flexibility index (Phi) is 7.02. The number of hydrogen-bond donors (Lipinski definition) is 1. The van der Waals surface area contributed by atoms with E-state index in [0.717, 1.165) is 38.4 Å². The second kappa shape index (κ2) is 10.1. The van der Waals surface area contributed by atoms with Crippen molar-refractivity contribution in [3.63, 3.8) is 0 Å². The standard InChI is InChI=1S/C25H32N6O3/c1-5-6-11-22(26-2)30-14-12-29(13-15-30)17-20-24-18(16-23(32)28(20)3)27-31(25(24)33)19-9-7-8-10-21(19)34-4/h6-11,16,27H,5,12-15,17H2,1-4H3/b11-6-,26-22?. The fourth-order valence-electron chi connectivity index (χ4n) is 4.42. The van der Waals surface area contributed by atoms with Crippen LogP contribution in [0.15, 0.2) is 57.1 Å². The third-order valence-electron chi connectivity index (χ3n) is 6.34. The van der Waals surface area contributed by atoms with E-state index in [9.17, 15) is 9.59 Å². The zero-order valence-corrected chi connectivity index (χ0v) is 20.2. The van der Waals surface area contributed by atoms with Crippen LogP contribution in [-0.2, 0) is 13.6 Å². The number of allylic oxidation sites excluding steroid dienone is 1. The third kappa shape index (κ3) is 4.43. The van der Waals surface area contributed by atoms with Gasteiger partial charge in [-0.2, -0.15) is 0 Å². The summed E-state index contributed by atoms with van der Waals surface area (Å²) >= 11 is 0. The number of fused-ring (bicyclic) bond motifs is 1. The fraction of sp³-hybridized carbons (Fsp3) is 0.400. The minimum absolute atomic E-state index is 0.153. The highest BCUT2D eigenvalue weighted by Crippen LogP contribution is 2.22. The summed E-state index contributed by atoms with van der Waals surface area (Å²) in [7, 11) is 5.11. The Hall–Kier alpha value is -3.59. The van der Waals surface area contributed by atoms with E-state index >= 15 is 0 Å². The molecule has 180 valence electrons. The van der Waals surface area contributed by atoms with E-state index < -0.39 is 0 Å². The van der Waals surface area contributed by atoms with Crippen molar-refractivity contribution in [2.75, 3.05) is 40.3 Å². The molecule has 9 heteroatoms. The lowest BCUT2D eigenvalue weighted by Gasteiger charge is -2.36. The van der Waals surface area contributed by atoms with Crippen LogP contribution in [0.5, 0.6) is 5.75 Å². The van der Waals surface area contributed by atoms with Crippen LogP contribution >= 0.6 is 0 Å². The molecule has 0 saturated carbocycles. The van der Waals surface area contributed by atoms with Crippen LogP contribution < -0.4 is 15.9 Å². The normalized spacial score (nSPS) is 15.5. The maximum Gasteiger partial charge on any atom is 0.281 e. The Bertz CT molecular complexity index is 1340. The number of nitrogens with one attached hydrogen (secondary N) is 1. The van der Waals surface area contributed by atoms with Gasteiger partial charge in [0.2, 0.25) is 0 Å². The Balaban J connectivity index is 1.66. The van der Waals surface area contributed by atoms with Crippen LogP contribution in [-0.4, -0.2) is 70.3 Å². The first-order valence-electron chi connectivity index (χ1n) is 11.6. The summed E-state index contributed by atoms with van der Waals surface area (Å²) in [5.74, 6) is 1.56. The van der Waals surface area contributed by atoms with Gasteiger partial charge in [-0.05, 0) is 24.6 Å². The summed E-state index contributed by atoms with van der Waals surface area (Å²) in [6, 6.07) is 8.79. The van der Waals surface area contributed by atoms with Crippen molar-refractivity contribution in [3.05, 3.63) is 68.9 Å². The molecule has 3 heterocycles. The molecular formula is C25H32N6O3. The molecule has 1 saturated heterocycles. The summed E-state index contributed by atoms with van der Waals surface area (Å²) in [5, 5.41) is 3.64. The molecule has 9 nitrogen and oxygen atoms in total. The number of pyridine rings is 1. The Morgan fingerprint density at radius 3 is 2.59 bits per heavy atom. The summed E-state index contributed by atoms with van der Waals surface area (Å²) in [5.41, 5.74) is 1.49. The lowest BCUT2D eigenvalue weighted by atomic mass is 10.2. The number of amidine groups is 1. The lowest BCUT2D eigenvalue weighted by molar-refractivity contribution is 0.173. The molecule has 1 aliphatic heterocycles. The molecule has 3 aromatic rings. The number of aromatic amines is 1. The monoisotopic (exact) mass is 464 g/mol. The molecule has 0 aliphatic carbocycles. The minimum Gasteiger partial charge on any atom is -0.494 e. The maximum absolute atomic E-state index is 13.5. The highest BCUT2D eigenvalue weighted by Gasteiger charge is 2.23. The Morgan fingerprint density at radius 1 is 1.18 bits per heavy atom. The number of ether oxygens (including phenoxy) is 1. The van der Waals surface area contributed by atoms with E-state index in [2.05, 4.69) is 39.0 Å². The van der Waals surface area contributed by atoms with Gasteiger partial charge in [0.15, 0.2) is 0 Å². The van der Waals surface area contributed by atoms with Gasteiger partial charge < -0.3 is 14.2 Å². The highest BCUT2D eigenvalue weighted by molar-refractivity contribution is 5.93. The predicted octanol–water partition coefficient (Wildman–Crippen LogP) is 2.14. The number of aromatic nitrogens is 3. The first kappa shape index (κ1) is 23.6. The molecule has 0 atom stereocenters. The quantitative estimate of drug-likeness (QED) is 0.446. The largest absolute Gasteiger partial charge is 0.494 e. The van der Waals surface area contributed by atoms with Gasteiger partial charge in [0.05, 0.1) is 18.0 Å². The number of nitrogens with zero attached hydrogens (tertiary/aromatic N) is 5. The first-order chi connectivity index (χ1) is 16.5. The van der Waals surface area contributed by atoms with Crippen molar-refractivity contribution in [2.45, 2.75) is 19.9 Å². The van der Waals surface area contributed by atoms with Gasteiger partial charge in [-0.15, -0.1) is 0 Å². The summed E-state index contributed by atoms with van der Waals surface area (Å²) < 4.78 is 8.47. The van der Waals surface area contributed by atoms with Crippen LogP contribution in [0.4, 0.5) is 0 Å². The van der Waals surface area contributed by atoms with E-state index in [1.807, 2.05) is 25.2 Å². The number of rotatable bonds is 6. The highest BCUT2D eigenvalue weighted by atomic mass is 16.5. The number of hydrogen-bond acceptors (Lipinski definition) is 5. The molecule has 0 spiro atoms. The van der Waals surface area contributed by atoms with Crippen molar-refractivity contribution in [1.82, 2.24) is 24.1 Å². The third-order valence-corrected chi connectivity index (χ3v) is 6.34. The number of benzene rings is 1. The van der Waals surface area contributed by atoms with Gasteiger partial charge in [-0.25, -0.2) is 4.68 Å². The summed E-state index contributed by atoms with van der Waals surface area (Å²) in [4.78, 5) is 35.2. The van der Waals surface area contributed by atoms with E-state index in [0.29, 0.717) is 34.6 Å². The Labute approximate surface area is 198 Å². The molecule has 4 rings (SSSR count). The topological polar surface area (TPSA) is 87.9 Å². The van der Waals surface area contributed by atoms with Gasteiger partial charge >= 0.3 is 0 Å². The molecule has 0 radical (unpaired) electrons. The van der Waals surface area contributed by atoms with Crippen LogP contribution in [0, 0.1) is 0 Å². The molecule has 1 N–H and O–H groups in total. The van der Waals surface area contributed by atoms with Crippen molar-refractivity contribution in [1.29, 1.82) is 0 Å². The second-order valence-corrected chi connectivity index (χ2v) is 8.36. The number of para-hydroxylation sites is 2. The SMILES string of the molecule is CC/C=C\C(=NC)N1CCN(Cc2c3c(=O)n(-c4ccccc4OC)[nH]c3cc(=O)n2C)CC1. The molecule has 0 unspecified atom stereocenters. The number of methoxy groups -OCH3 is 1. The van der Waals surface area contributed by atoms with Crippen molar-refractivity contribution in [3.8, 4) is 11.4 Å². The van der Waals surface area contributed by atoms with Gasteiger partial charge in [0.1, 0.15) is 17.3 Å². The van der Waals surface area contributed by atoms with Crippen molar-refractivity contribution in [2.24, 2.45) is 12.0 Å². The van der Waals surface area contributed by atoms with Crippen molar-refractivity contribution >= 4 is 16.7 Å². The number of piperazine rings is 1. The maximum atomic E-state index is 13.5. The average Bonchev–Trinajstić information content (AvgIpc) is 3.18. The molecule has 1 aromatic carbocycles. The number of aliphatic imine (C=N–C) groups is 1. The van der Waals surface area contributed by atoms with E-state index in [-0.39, 0.29) is 11.1 Å². The molecular weight excluding hydrogens is 432 g/mol. The minimum atomic E-state index is -0.200. The fourth-order valence-corrected chi connectivity index (χ4v) is 4.42. The molecule has 34 heavy (non-hydrogen) atoms. The summed E-state index contributed by atoms with van der Waals surface area (Å²) in [6.45, 7) is 5.92. The smallest absolute Gasteiger partial charge is 0.281 e. The van der Waals surface area contributed by atoms with Crippen LogP contribution in [0.2, 0.25) is 0 Å². The summed E-state index contributed by atoms with van der Waals surface area (Å²) in [6.07, 6.45) is 5.16. The second-order valence-electron chi connectivity index (χ2n) is 8.36. The molecule has 2 aromatic heterocycles. The first-order valence-corrected chi connectivity index (χ1v) is 11.6. The lowest BCUT2D eigenvalue weighted by Crippen LogP contribution is -2.48. The van der Waals surface area contributed by atoms with Crippen LogP contribution in [0.25, 0.3) is 16.6 Å². The zero-order valence-electron chi connectivity index (χ0n) is 20.2. The molecule has 0 amide bonds. The van der Waals surface area contributed by atoms with E-state index in [1.54, 1.807) is 24.8 Å².